The first-order valence-corrected chi connectivity index (χ1v) is 4.05. The molecular formula is C8H15NO2. The van der Waals surface area contributed by atoms with Gasteiger partial charge in [-0.15, -0.1) is 0 Å². The van der Waals surface area contributed by atoms with E-state index in [0.29, 0.717) is 6.10 Å². The first-order valence-electron chi connectivity index (χ1n) is 4.05. The molecule has 0 fully saturated rings. The molecule has 1 aliphatic rings. The van der Waals surface area contributed by atoms with Gasteiger partial charge in [-0.1, -0.05) is 6.92 Å². The number of aliphatic imine (C=N–C) groups is 1. The van der Waals surface area contributed by atoms with Crippen molar-refractivity contribution in [3.8, 4) is 0 Å². The van der Waals surface area contributed by atoms with Crippen molar-refractivity contribution in [2.45, 2.75) is 25.9 Å². The molecule has 1 atom stereocenters. The highest BCUT2D eigenvalue weighted by molar-refractivity contribution is 5.76. The Morgan fingerprint density at radius 2 is 2.55 bits per heavy atom. The zero-order valence-corrected chi connectivity index (χ0v) is 7.17. The lowest BCUT2D eigenvalue weighted by Gasteiger charge is -2.08. The molecule has 0 aromatic heterocycles. The summed E-state index contributed by atoms with van der Waals surface area (Å²) in [5, 5.41) is 0. The highest BCUT2D eigenvalue weighted by Gasteiger charge is 2.11. The van der Waals surface area contributed by atoms with Gasteiger partial charge in [0.05, 0.1) is 26.4 Å². The van der Waals surface area contributed by atoms with Crippen LogP contribution in [0.3, 0.4) is 0 Å². The summed E-state index contributed by atoms with van der Waals surface area (Å²) in [6.07, 6.45) is 2.13. The van der Waals surface area contributed by atoms with E-state index in [4.69, 9.17) is 9.47 Å². The van der Waals surface area contributed by atoms with Gasteiger partial charge in [-0.05, 0) is 6.42 Å². The molecule has 1 aliphatic heterocycles. The van der Waals surface area contributed by atoms with Crippen LogP contribution in [0.2, 0.25) is 0 Å². The Hall–Kier alpha value is -0.570. The Labute approximate surface area is 67.4 Å². The lowest BCUT2D eigenvalue weighted by atomic mass is 10.3. The van der Waals surface area contributed by atoms with E-state index in [2.05, 4.69) is 11.9 Å². The maximum absolute atomic E-state index is 5.49. The Balaban J connectivity index is 2.42. The van der Waals surface area contributed by atoms with E-state index in [1.54, 1.807) is 7.11 Å². The summed E-state index contributed by atoms with van der Waals surface area (Å²) >= 11 is 0. The third-order valence-corrected chi connectivity index (χ3v) is 1.83. The number of ether oxygens (including phenoxy) is 2. The van der Waals surface area contributed by atoms with Crippen molar-refractivity contribution in [1.82, 2.24) is 0 Å². The zero-order valence-electron chi connectivity index (χ0n) is 7.17. The van der Waals surface area contributed by atoms with Crippen LogP contribution in [0.25, 0.3) is 0 Å². The zero-order chi connectivity index (χ0) is 8.10. The topological polar surface area (TPSA) is 30.8 Å². The molecule has 0 spiro atoms. The third kappa shape index (κ3) is 2.50. The van der Waals surface area contributed by atoms with E-state index >= 15 is 0 Å². The molecule has 64 valence electrons. The normalized spacial score (nSPS) is 25.6. The Bertz CT molecular complexity index is 145. The molecule has 0 N–H and O–H groups in total. The van der Waals surface area contributed by atoms with Crippen molar-refractivity contribution in [2.24, 2.45) is 4.99 Å². The molecule has 0 aliphatic carbocycles. The highest BCUT2D eigenvalue weighted by Crippen LogP contribution is 2.05. The summed E-state index contributed by atoms with van der Waals surface area (Å²) in [6, 6.07) is 0. The van der Waals surface area contributed by atoms with Crippen LogP contribution in [0.1, 0.15) is 19.8 Å². The monoisotopic (exact) mass is 157 g/mol. The Morgan fingerprint density at radius 3 is 3.18 bits per heavy atom. The maximum Gasteiger partial charge on any atom is 0.185 e. The van der Waals surface area contributed by atoms with E-state index in [1.807, 2.05) is 0 Å². The average molecular weight is 157 g/mol. The first kappa shape index (κ1) is 8.53. The van der Waals surface area contributed by atoms with Gasteiger partial charge in [-0.3, -0.25) is 4.99 Å². The van der Waals surface area contributed by atoms with Crippen LogP contribution in [0, 0.1) is 0 Å². The summed E-state index contributed by atoms with van der Waals surface area (Å²) in [5.41, 5.74) is 0. The molecule has 1 rings (SSSR count). The fraction of sp³-hybridized carbons (Fsp3) is 0.875. The number of hydrogen-bond donors (Lipinski definition) is 0. The quantitative estimate of drug-likeness (QED) is 0.573. The number of methoxy groups -OCH3 is 1. The highest BCUT2D eigenvalue weighted by atomic mass is 16.5. The van der Waals surface area contributed by atoms with Gasteiger partial charge in [0, 0.05) is 6.42 Å². The second-order valence-corrected chi connectivity index (χ2v) is 2.59. The minimum absolute atomic E-state index is 0.294. The Kier molecular flexibility index (Phi) is 3.36. The van der Waals surface area contributed by atoms with Gasteiger partial charge in [0.1, 0.15) is 0 Å². The average Bonchev–Trinajstić information content (AvgIpc) is 2.28. The lowest BCUT2D eigenvalue weighted by molar-refractivity contribution is 0.0655. The van der Waals surface area contributed by atoms with Crippen LogP contribution in [0.15, 0.2) is 4.99 Å². The van der Waals surface area contributed by atoms with E-state index in [1.165, 1.54) is 0 Å². The fourth-order valence-corrected chi connectivity index (χ4v) is 1.06. The molecule has 1 heterocycles. The van der Waals surface area contributed by atoms with E-state index in [-0.39, 0.29) is 0 Å². The second-order valence-electron chi connectivity index (χ2n) is 2.59. The summed E-state index contributed by atoms with van der Waals surface area (Å²) < 4.78 is 10.5. The number of rotatable bonds is 1. The van der Waals surface area contributed by atoms with Gasteiger partial charge in [-0.25, -0.2) is 0 Å². The predicted molar refractivity (Wildman–Crippen MR) is 44.0 cm³/mol. The molecule has 0 radical (unpaired) electrons. The molecule has 0 aromatic carbocycles. The van der Waals surface area contributed by atoms with Crippen LogP contribution in [0.5, 0.6) is 0 Å². The van der Waals surface area contributed by atoms with Gasteiger partial charge < -0.3 is 9.47 Å². The van der Waals surface area contributed by atoms with Gasteiger partial charge in [-0.2, -0.15) is 0 Å². The first-order chi connectivity index (χ1) is 5.36. The molecule has 1 unspecified atom stereocenters. The van der Waals surface area contributed by atoms with Crippen molar-refractivity contribution in [2.75, 3.05) is 20.3 Å². The molecule has 0 saturated carbocycles. The SMILES string of the molecule is CCC1CN=C(OC)CCO1. The molecule has 3 nitrogen and oxygen atoms in total. The van der Waals surface area contributed by atoms with Crippen molar-refractivity contribution in [1.29, 1.82) is 0 Å². The van der Waals surface area contributed by atoms with E-state index in [0.717, 1.165) is 31.9 Å². The fourth-order valence-electron chi connectivity index (χ4n) is 1.06. The summed E-state index contributed by atoms with van der Waals surface area (Å²) in [5.74, 6) is 0.820. The van der Waals surface area contributed by atoms with Crippen molar-refractivity contribution in [3.63, 3.8) is 0 Å². The number of hydrogen-bond acceptors (Lipinski definition) is 3. The van der Waals surface area contributed by atoms with Crippen LogP contribution < -0.4 is 0 Å². The van der Waals surface area contributed by atoms with E-state index < -0.39 is 0 Å². The summed E-state index contributed by atoms with van der Waals surface area (Å²) in [7, 11) is 1.66. The van der Waals surface area contributed by atoms with Crippen LogP contribution >= 0.6 is 0 Å². The van der Waals surface area contributed by atoms with Crippen molar-refractivity contribution < 1.29 is 9.47 Å². The minimum Gasteiger partial charge on any atom is -0.484 e. The predicted octanol–water partition coefficient (Wildman–Crippen LogP) is 1.23. The standard InChI is InChI=1S/C8H15NO2/c1-3-7-6-9-8(10-2)4-5-11-7/h7H,3-6H2,1-2H3. The van der Waals surface area contributed by atoms with Crippen LogP contribution in [-0.4, -0.2) is 32.3 Å². The number of nitrogens with zero attached hydrogens (tertiary/aromatic N) is 1. The third-order valence-electron chi connectivity index (χ3n) is 1.83. The van der Waals surface area contributed by atoms with Gasteiger partial charge in [0.25, 0.3) is 0 Å². The van der Waals surface area contributed by atoms with Gasteiger partial charge in [0.15, 0.2) is 5.90 Å². The summed E-state index contributed by atoms with van der Waals surface area (Å²) in [6.45, 7) is 3.60. The molecule has 0 saturated heterocycles. The molecular weight excluding hydrogens is 142 g/mol. The lowest BCUT2D eigenvalue weighted by Crippen LogP contribution is -2.13. The van der Waals surface area contributed by atoms with Crippen LogP contribution in [-0.2, 0) is 9.47 Å². The summed E-state index contributed by atoms with van der Waals surface area (Å²) in [4.78, 5) is 4.26. The Morgan fingerprint density at radius 1 is 1.73 bits per heavy atom. The van der Waals surface area contributed by atoms with Crippen LogP contribution in [0.4, 0.5) is 0 Å². The minimum atomic E-state index is 0.294. The molecule has 0 aromatic rings. The maximum atomic E-state index is 5.49. The van der Waals surface area contributed by atoms with E-state index in [9.17, 15) is 0 Å². The molecule has 3 heteroatoms. The smallest absolute Gasteiger partial charge is 0.185 e. The van der Waals surface area contributed by atoms with Gasteiger partial charge >= 0.3 is 0 Å². The van der Waals surface area contributed by atoms with Gasteiger partial charge in [0.2, 0.25) is 0 Å². The molecule has 11 heavy (non-hydrogen) atoms. The largest absolute Gasteiger partial charge is 0.484 e. The van der Waals surface area contributed by atoms with Crippen molar-refractivity contribution >= 4 is 5.90 Å². The molecule has 0 amide bonds. The second kappa shape index (κ2) is 4.34. The molecule has 0 bridgehead atoms. The van der Waals surface area contributed by atoms with Crippen molar-refractivity contribution in [3.05, 3.63) is 0 Å².